The summed E-state index contributed by atoms with van der Waals surface area (Å²) in [6.45, 7) is 2.80. The highest BCUT2D eigenvalue weighted by Gasteiger charge is 2.11. The zero-order valence-corrected chi connectivity index (χ0v) is 20.3. The van der Waals surface area contributed by atoms with Crippen molar-refractivity contribution in [2.24, 2.45) is 0 Å². The van der Waals surface area contributed by atoms with E-state index in [0.717, 1.165) is 24.0 Å². The number of rotatable bonds is 18. The Morgan fingerprint density at radius 1 is 0.571 bits per heavy atom. The second-order valence-corrected chi connectivity index (χ2v) is 7.81. The van der Waals surface area contributed by atoms with Gasteiger partial charge in [-0.15, -0.1) is 0 Å². The van der Waals surface area contributed by atoms with E-state index in [9.17, 15) is 9.59 Å². The fourth-order valence-corrected chi connectivity index (χ4v) is 3.00. The van der Waals surface area contributed by atoms with E-state index in [1.54, 1.807) is 0 Å². The van der Waals surface area contributed by atoms with Gasteiger partial charge in [-0.05, 0) is 36.8 Å². The van der Waals surface area contributed by atoms with Gasteiger partial charge < -0.3 is 18.9 Å². The highest BCUT2D eigenvalue weighted by molar-refractivity contribution is 5.91. The lowest BCUT2D eigenvalue weighted by Gasteiger charge is -2.06. The van der Waals surface area contributed by atoms with Gasteiger partial charge in [0, 0.05) is 13.2 Å². The van der Waals surface area contributed by atoms with Crippen molar-refractivity contribution in [3.8, 4) is 0 Å². The molecule has 6 nitrogen and oxygen atoms in total. The van der Waals surface area contributed by atoms with Gasteiger partial charge in [0.2, 0.25) is 0 Å². The first-order chi connectivity index (χ1) is 17.2. The van der Waals surface area contributed by atoms with E-state index >= 15 is 0 Å². The molecule has 0 atom stereocenters. The molecule has 2 rings (SSSR count). The van der Waals surface area contributed by atoms with Crippen LogP contribution in [-0.4, -0.2) is 51.6 Å². The van der Waals surface area contributed by atoms with Gasteiger partial charge in [0.1, 0.15) is 6.42 Å². The van der Waals surface area contributed by atoms with Crippen LogP contribution in [0.15, 0.2) is 72.8 Å². The third kappa shape index (κ3) is 15.3. The number of ether oxygens (including phenoxy) is 4. The van der Waals surface area contributed by atoms with Crippen LogP contribution in [0.4, 0.5) is 0 Å². The number of unbranched alkanes of at least 4 members (excludes halogenated alkanes) is 2. The highest BCUT2D eigenvalue weighted by Crippen LogP contribution is 2.02. The van der Waals surface area contributed by atoms with Crippen LogP contribution >= 0.6 is 0 Å². The van der Waals surface area contributed by atoms with Crippen LogP contribution in [0.2, 0.25) is 0 Å². The lowest BCUT2D eigenvalue weighted by Crippen LogP contribution is -2.15. The van der Waals surface area contributed by atoms with Crippen LogP contribution in [0.25, 0.3) is 12.2 Å². The quantitative estimate of drug-likeness (QED) is 0.160. The molecule has 2 aromatic carbocycles. The van der Waals surface area contributed by atoms with E-state index < -0.39 is 11.9 Å². The maximum Gasteiger partial charge on any atom is 0.317 e. The van der Waals surface area contributed by atoms with Gasteiger partial charge in [0.05, 0.1) is 26.4 Å². The summed E-state index contributed by atoms with van der Waals surface area (Å²) in [5, 5.41) is 0. The topological polar surface area (TPSA) is 71.1 Å². The first kappa shape index (κ1) is 28.0. The third-order valence-electron chi connectivity index (χ3n) is 4.83. The zero-order chi connectivity index (χ0) is 24.8. The van der Waals surface area contributed by atoms with Gasteiger partial charge in [-0.25, -0.2) is 0 Å². The summed E-state index contributed by atoms with van der Waals surface area (Å²) in [6, 6.07) is 20.1. The molecule has 0 saturated heterocycles. The second-order valence-electron chi connectivity index (χ2n) is 7.81. The van der Waals surface area contributed by atoms with E-state index in [1.165, 1.54) is 0 Å². The van der Waals surface area contributed by atoms with E-state index in [0.29, 0.717) is 39.3 Å². The molecule has 0 fully saturated rings. The summed E-state index contributed by atoms with van der Waals surface area (Å²) >= 11 is 0. The Morgan fingerprint density at radius 2 is 0.971 bits per heavy atom. The molecular weight excluding hydrogens is 444 g/mol. The SMILES string of the molecule is O=C(CC(=O)OCCCCOC/C=C/c1ccccc1)OCCCCOC/C=C/c1ccccc1. The Hall–Kier alpha value is -3.22. The van der Waals surface area contributed by atoms with Crippen molar-refractivity contribution in [3.63, 3.8) is 0 Å². The first-order valence-corrected chi connectivity index (χ1v) is 12.1. The molecule has 0 saturated carbocycles. The van der Waals surface area contributed by atoms with Crippen LogP contribution in [0.1, 0.15) is 43.2 Å². The van der Waals surface area contributed by atoms with Crippen LogP contribution < -0.4 is 0 Å². The predicted octanol–water partition coefficient (Wildman–Crippen LogP) is 5.48. The molecule has 2 aromatic rings. The van der Waals surface area contributed by atoms with Crippen LogP contribution in [0, 0.1) is 0 Å². The Bertz CT molecular complexity index is 803. The van der Waals surface area contributed by atoms with Crippen LogP contribution in [0.3, 0.4) is 0 Å². The van der Waals surface area contributed by atoms with E-state index in [-0.39, 0.29) is 19.6 Å². The lowest BCUT2D eigenvalue weighted by molar-refractivity contribution is -0.154. The van der Waals surface area contributed by atoms with Crippen molar-refractivity contribution in [2.75, 3.05) is 39.6 Å². The van der Waals surface area contributed by atoms with E-state index in [1.807, 2.05) is 85.0 Å². The Morgan fingerprint density at radius 3 is 1.40 bits per heavy atom. The summed E-state index contributed by atoms with van der Waals surface area (Å²) in [4.78, 5) is 23.4. The molecule has 0 aromatic heterocycles. The standard InChI is InChI=1S/C29H36O6/c30-28(34-23-9-7-19-32-21-11-17-26-13-3-1-4-14-26)25-29(31)35-24-10-8-20-33-22-12-18-27-15-5-2-6-16-27/h1-6,11-18H,7-10,19-25H2/b17-11+,18-12+. The number of esters is 2. The Balaban J connectivity index is 1.35. The minimum absolute atomic E-state index is 0.269. The molecule has 0 heterocycles. The predicted molar refractivity (Wildman–Crippen MR) is 138 cm³/mol. The van der Waals surface area contributed by atoms with Gasteiger partial charge in [-0.3, -0.25) is 9.59 Å². The number of carbonyl (C=O) groups is 2. The molecule has 0 radical (unpaired) electrons. The van der Waals surface area contributed by atoms with E-state index in [2.05, 4.69) is 0 Å². The van der Waals surface area contributed by atoms with Crippen molar-refractivity contribution >= 4 is 24.1 Å². The van der Waals surface area contributed by atoms with Crippen molar-refractivity contribution in [3.05, 3.63) is 83.9 Å². The third-order valence-corrected chi connectivity index (χ3v) is 4.83. The maximum absolute atomic E-state index is 11.7. The smallest absolute Gasteiger partial charge is 0.317 e. The van der Waals surface area contributed by atoms with Crippen LogP contribution in [-0.2, 0) is 28.5 Å². The molecule has 0 aliphatic rings. The van der Waals surface area contributed by atoms with Gasteiger partial charge in [0.15, 0.2) is 0 Å². The van der Waals surface area contributed by atoms with E-state index in [4.69, 9.17) is 18.9 Å². The molecule has 0 bridgehead atoms. The Labute approximate surface area is 208 Å². The number of hydrogen-bond donors (Lipinski definition) is 0. The summed E-state index contributed by atoms with van der Waals surface area (Å²) in [5.74, 6) is -1.12. The van der Waals surface area contributed by atoms with Gasteiger partial charge in [0.25, 0.3) is 0 Å². The summed E-state index contributed by atoms with van der Waals surface area (Å²) in [6.07, 6.45) is 10.5. The molecule has 35 heavy (non-hydrogen) atoms. The molecule has 0 unspecified atom stereocenters. The molecule has 0 aliphatic carbocycles. The zero-order valence-electron chi connectivity index (χ0n) is 20.3. The van der Waals surface area contributed by atoms with Gasteiger partial charge in [-0.2, -0.15) is 0 Å². The minimum atomic E-state index is -0.560. The second kappa shape index (κ2) is 19.1. The highest BCUT2D eigenvalue weighted by atomic mass is 16.6. The summed E-state index contributed by atoms with van der Waals surface area (Å²) in [7, 11) is 0. The fraction of sp³-hybridized carbons (Fsp3) is 0.379. The molecule has 188 valence electrons. The Kier molecular flexibility index (Phi) is 15.3. The summed E-state index contributed by atoms with van der Waals surface area (Å²) < 4.78 is 21.2. The van der Waals surface area contributed by atoms with Gasteiger partial charge in [-0.1, -0.05) is 85.0 Å². The fourth-order valence-electron chi connectivity index (χ4n) is 3.00. The molecule has 0 N–H and O–H groups in total. The molecule has 6 heteroatoms. The largest absolute Gasteiger partial charge is 0.465 e. The summed E-state index contributed by atoms with van der Waals surface area (Å²) in [5.41, 5.74) is 2.27. The molecule has 0 aliphatic heterocycles. The maximum atomic E-state index is 11.7. The number of carbonyl (C=O) groups excluding carboxylic acids is 2. The average molecular weight is 481 g/mol. The molecule has 0 amide bonds. The average Bonchev–Trinajstić information content (AvgIpc) is 2.88. The van der Waals surface area contributed by atoms with Crippen molar-refractivity contribution < 1.29 is 28.5 Å². The normalized spacial score (nSPS) is 11.2. The minimum Gasteiger partial charge on any atom is -0.465 e. The van der Waals surface area contributed by atoms with Crippen molar-refractivity contribution in [1.82, 2.24) is 0 Å². The number of benzene rings is 2. The van der Waals surface area contributed by atoms with Crippen LogP contribution in [0.5, 0.6) is 0 Å². The number of hydrogen-bond acceptors (Lipinski definition) is 6. The van der Waals surface area contributed by atoms with Crippen molar-refractivity contribution in [2.45, 2.75) is 32.1 Å². The first-order valence-electron chi connectivity index (χ1n) is 12.1. The van der Waals surface area contributed by atoms with Gasteiger partial charge >= 0.3 is 11.9 Å². The lowest BCUT2D eigenvalue weighted by atomic mass is 10.2. The monoisotopic (exact) mass is 480 g/mol. The van der Waals surface area contributed by atoms with Crippen molar-refractivity contribution in [1.29, 1.82) is 0 Å². The molecule has 0 spiro atoms. The molecular formula is C29H36O6.